The van der Waals surface area contributed by atoms with E-state index >= 15 is 0 Å². The van der Waals surface area contributed by atoms with Crippen LogP contribution in [0.5, 0.6) is 0 Å². The summed E-state index contributed by atoms with van der Waals surface area (Å²) >= 11 is 0. The van der Waals surface area contributed by atoms with Crippen LogP contribution in [0, 0.1) is 0 Å². The van der Waals surface area contributed by atoms with Crippen molar-refractivity contribution < 1.29 is 8.42 Å². The zero-order chi connectivity index (χ0) is 14.0. The lowest BCUT2D eigenvalue weighted by molar-refractivity contribution is 0.302. The van der Waals surface area contributed by atoms with Crippen LogP contribution < -0.4 is 5.73 Å². The van der Waals surface area contributed by atoms with Crippen molar-refractivity contribution in [1.29, 1.82) is 0 Å². The van der Waals surface area contributed by atoms with E-state index in [4.69, 9.17) is 5.73 Å². The molecule has 0 amide bonds. The van der Waals surface area contributed by atoms with Crippen molar-refractivity contribution in [3.8, 4) is 0 Å². The van der Waals surface area contributed by atoms with Gasteiger partial charge in [0, 0.05) is 24.8 Å². The number of hydrogen-bond acceptors (Lipinski definition) is 4. The van der Waals surface area contributed by atoms with E-state index in [1.807, 2.05) is 14.1 Å². The molecule has 1 unspecified atom stereocenters. The standard InChI is InChI=1S/C13H21N3O2S/c1-15(2)13-6-7-16(9-13)19(17,18)10-11-4-3-5-12(14)8-11/h3-5,8,13H,6-7,9-10,14H2,1-2H3. The third-order valence-electron chi connectivity index (χ3n) is 3.55. The fraction of sp³-hybridized carbons (Fsp3) is 0.538. The fourth-order valence-electron chi connectivity index (χ4n) is 2.37. The van der Waals surface area contributed by atoms with Crippen molar-refractivity contribution in [2.24, 2.45) is 0 Å². The van der Waals surface area contributed by atoms with Crippen LogP contribution in [0.1, 0.15) is 12.0 Å². The molecule has 0 aliphatic carbocycles. The Morgan fingerprint density at radius 2 is 2.16 bits per heavy atom. The summed E-state index contributed by atoms with van der Waals surface area (Å²) in [5.74, 6) is 0.0260. The molecular weight excluding hydrogens is 262 g/mol. The minimum atomic E-state index is -3.25. The minimum Gasteiger partial charge on any atom is -0.399 e. The summed E-state index contributed by atoms with van der Waals surface area (Å²) in [6.45, 7) is 1.19. The fourth-order valence-corrected chi connectivity index (χ4v) is 3.94. The predicted octanol–water partition coefficient (Wildman–Crippen LogP) is 0.735. The van der Waals surface area contributed by atoms with Crippen LogP contribution in [0.2, 0.25) is 0 Å². The maximum atomic E-state index is 12.3. The maximum absolute atomic E-state index is 12.3. The molecule has 0 aromatic heterocycles. The summed E-state index contributed by atoms with van der Waals surface area (Å²) in [5, 5.41) is 0. The minimum absolute atomic E-state index is 0.0260. The van der Waals surface area contributed by atoms with Gasteiger partial charge in [0.1, 0.15) is 0 Å². The third-order valence-corrected chi connectivity index (χ3v) is 5.37. The van der Waals surface area contributed by atoms with E-state index in [2.05, 4.69) is 4.90 Å². The van der Waals surface area contributed by atoms with Crippen LogP contribution in [0.4, 0.5) is 5.69 Å². The van der Waals surface area contributed by atoms with Gasteiger partial charge < -0.3 is 10.6 Å². The summed E-state index contributed by atoms with van der Waals surface area (Å²) in [6, 6.07) is 7.38. The van der Waals surface area contributed by atoms with E-state index in [1.54, 1.807) is 28.6 Å². The Morgan fingerprint density at radius 3 is 2.74 bits per heavy atom. The number of nitrogens with two attached hydrogens (primary N) is 1. The Hall–Kier alpha value is -1.11. The normalized spacial score (nSPS) is 21.1. The molecule has 0 saturated carbocycles. The summed E-state index contributed by atoms with van der Waals surface area (Å²) in [7, 11) is 0.724. The molecule has 1 fully saturated rings. The van der Waals surface area contributed by atoms with Gasteiger partial charge in [0.2, 0.25) is 10.0 Å². The Labute approximate surface area is 115 Å². The van der Waals surface area contributed by atoms with Crippen LogP contribution in [-0.4, -0.2) is 50.8 Å². The molecule has 0 spiro atoms. The average molecular weight is 283 g/mol. The van der Waals surface area contributed by atoms with Gasteiger partial charge in [-0.05, 0) is 38.2 Å². The van der Waals surface area contributed by atoms with Gasteiger partial charge in [-0.15, -0.1) is 0 Å². The number of hydrogen-bond donors (Lipinski definition) is 1. The van der Waals surface area contributed by atoms with Crippen molar-refractivity contribution in [2.75, 3.05) is 32.9 Å². The molecule has 1 saturated heterocycles. The Kier molecular flexibility index (Phi) is 4.13. The van der Waals surface area contributed by atoms with Gasteiger partial charge in [-0.2, -0.15) is 0 Å². The second-order valence-corrected chi connectivity index (χ2v) is 7.23. The first-order chi connectivity index (χ1) is 8.88. The monoisotopic (exact) mass is 283 g/mol. The molecule has 6 heteroatoms. The molecule has 1 atom stereocenters. The van der Waals surface area contributed by atoms with Gasteiger partial charge in [0.05, 0.1) is 5.75 Å². The molecule has 0 bridgehead atoms. The highest BCUT2D eigenvalue weighted by Gasteiger charge is 2.32. The summed E-state index contributed by atoms with van der Waals surface area (Å²) in [4.78, 5) is 2.08. The lowest BCUT2D eigenvalue weighted by Gasteiger charge is -2.20. The van der Waals surface area contributed by atoms with E-state index in [1.165, 1.54) is 0 Å². The van der Waals surface area contributed by atoms with E-state index in [-0.39, 0.29) is 5.75 Å². The molecule has 2 rings (SSSR count). The average Bonchev–Trinajstić information content (AvgIpc) is 2.78. The van der Waals surface area contributed by atoms with Crippen molar-refractivity contribution >= 4 is 15.7 Å². The SMILES string of the molecule is CN(C)C1CCN(S(=O)(=O)Cc2cccc(N)c2)C1. The molecule has 1 aliphatic rings. The molecule has 2 N–H and O–H groups in total. The topological polar surface area (TPSA) is 66.6 Å². The van der Waals surface area contributed by atoms with Crippen molar-refractivity contribution in [3.05, 3.63) is 29.8 Å². The number of anilines is 1. The van der Waals surface area contributed by atoms with Gasteiger partial charge in [-0.25, -0.2) is 12.7 Å². The van der Waals surface area contributed by atoms with Crippen molar-refractivity contribution in [1.82, 2.24) is 9.21 Å². The first kappa shape index (κ1) is 14.3. The highest BCUT2D eigenvalue weighted by molar-refractivity contribution is 7.88. The Balaban J connectivity index is 2.07. The molecule has 106 valence electrons. The zero-order valence-corrected chi connectivity index (χ0v) is 12.2. The van der Waals surface area contributed by atoms with Gasteiger partial charge >= 0.3 is 0 Å². The highest BCUT2D eigenvalue weighted by Crippen LogP contribution is 2.20. The molecule has 0 radical (unpaired) electrons. The maximum Gasteiger partial charge on any atom is 0.218 e. The summed E-state index contributed by atoms with van der Waals surface area (Å²) in [6.07, 6.45) is 0.892. The van der Waals surface area contributed by atoms with Gasteiger partial charge in [0.25, 0.3) is 0 Å². The number of nitrogen functional groups attached to an aromatic ring is 1. The largest absolute Gasteiger partial charge is 0.399 e. The predicted molar refractivity (Wildman–Crippen MR) is 77.1 cm³/mol. The van der Waals surface area contributed by atoms with Crippen molar-refractivity contribution in [3.63, 3.8) is 0 Å². The molecule has 1 heterocycles. The van der Waals surface area contributed by atoms with Gasteiger partial charge in [0.15, 0.2) is 0 Å². The molecule has 1 aromatic rings. The number of benzene rings is 1. The summed E-state index contributed by atoms with van der Waals surface area (Å²) < 4.78 is 26.3. The van der Waals surface area contributed by atoms with Crippen LogP contribution in [-0.2, 0) is 15.8 Å². The number of rotatable bonds is 4. The van der Waals surface area contributed by atoms with Crippen LogP contribution >= 0.6 is 0 Å². The molecule has 5 nitrogen and oxygen atoms in total. The molecule has 1 aliphatic heterocycles. The smallest absolute Gasteiger partial charge is 0.218 e. The van der Waals surface area contributed by atoms with Gasteiger partial charge in [-0.3, -0.25) is 0 Å². The molecule has 19 heavy (non-hydrogen) atoms. The number of sulfonamides is 1. The quantitative estimate of drug-likeness (QED) is 0.828. The second kappa shape index (κ2) is 5.48. The Bertz CT molecular complexity index is 543. The lowest BCUT2D eigenvalue weighted by atomic mass is 10.2. The van der Waals surface area contributed by atoms with Crippen LogP contribution in [0.25, 0.3) is 0 Å². The van der Waals surface area contributed by atoms with Crippen molar-refractivity contribution in [2.45, 2.75) is 18.2 Å². The Morgan fingerprint density at radius 1 is 1.42 bits per heavy atom. The second-order valence-electron chi connectivity index (χ2n) is 5.27. The van der Waals surface area contributed by atoms with E-state index in [0.717, 1.165) is 12.0 Å². The van der Waals surface area contributed by atoms with Gasteiger partial charge in [-0.1, -0.05) is 12.1 Å². The lowest BCUT2D eigenvalue weighted by Crippen LogP contribution is -2.35. The highest BCUT2D eigenvalue weighted by atomic mass is 32.2. The third kappa shape index (κ3) is 3.46. The van der Waals surface area contributed by atoms with E-state index in [0.29, 0.717) is 24.8 Å². The first-order valence-corrected chi connectivity index (χ1v) is 7.98. The first-order valence-electron chi connectivity index (χ1n) is 6.37. The summed E-state index contributed by atoms with van der Waals surface area (Å²) in [5.41, 5.74) is 7.02. The zero-order valence-electron chi connectivity index (χ0n) is 11.4. The number of likely N-dealkylation sites (N-methyl/N-ethyl adjacent to an activating group) is 1. The van der Waals surface area contributed by atoms with Crippen LogP contribution in [0.15, 0.2) is 24.3 Å². The van der Waals surface area contributed by atoms with Crippen LogP contribution in [0.3, 0.4) is 0 Å². The number of nitrogens with zero attached hydrogens (tertiary/aromatic N) is 2. The van der Waals surface area contributed by atoms with E-state index < -0.39 is 10.0 Å². The molecular formula is C13H21N3O2S. The molecule has 1 aromatic carbocycles. The van der Waals surface area contributed by atoms with E-state index in [9.17, 15) is 8.42 Å².